The van der Waals surface area contributed by atoms with Crippen LogP contribution in [0.2, 0.25) is 0 Å². The van der Waals surface area contributed by atoms with Gasteiger partial charge in [-0.1, -0.05) is 23.8 Å². The zero-order chi connectivity index (χ0) is 15.5. The van der Waals surface area contributed by atoms with Crippen LogP contribution in [0.3, 0.4) is 0 Å². The quantitative estimate of drug-likeness (QED) is 0.920. The molecule has 0 aliphatic rings. The molecule has 1 amide bonds. The first-order chi connectivity index (χ1) is 9.88. The molecule has 0 saturated carbocycles. The molecule has 6 heteroatoms. The number of benzene rings is 1. The molecule has 0 unspecified atom stereocenters. The molecule has 0 bridgehead atoms. The van der Waals surface area contributed by atoms with Crippen molar-refractivity contribution in [2.24, 2.45) is 0 Å². The van der Waals surface area contributed by atoms with E-state index in [1.165, 1.54) is 11.3 Å². The number of thiophene rings is 1. The lowest BCUT2D eigenvalue weighted by molar-refractivity contribution is 0.0947. The summed E-state index contributed by atoms with van der Waals surface area (Å²) in [4.78, 5) is 12.7. The molecule has 1 aromatic carbocycles. The van der Waals surface area contributed by atoms with Crippen LogP contribution < -0.4 is 5.32 Å². The Balaban J connectivity index is 2.03. The van der Waals surface area contributed by atoms with E-state index < -0.39 is 15.9 Å². The van der Waals surface area contributed by atoms with Crippen LogP contribution in [-0.2, 0) is 9.84 Å². The van der Waals surface area contributed by atoms with E-state index in [0.29, 0.717) is 4.88 Å². The molecule has 0 fully saturated rings. The molecule has 2 rings (SSSR count). The van der Waals surface area contributed by atoms with Gasteiger partial charge in [0.1, 0.15) is 0 Å². The number of carbonyl (C=O) groups excluding carboxylic acids is 1. The maximum absolute atomic E-state index is 12.3. The van der Waals surface area contributed by atoms with Gasteiger partial charge < -0.3 is 5.32 Å². The highest BCUT2D eigenvalue weighted by Gasteiger charge is 2.20. The van der Waals surface area contributed by atoms with E-state index in [4.69, 9.17) is 0 Å². The highest BCUT2D eigenvalue weighted by molar-refractivity contribution is 7.91. The van der Waals surface area contributed by atoms with Crippen molar-refractivity contribution in [1.82, 2.24) is 5.32 Å². The molecule has 4 nitrogen and oxygen atoms in total. The highest BCUT2D eigenvalue weighted by Crippen LogP contribution is 2.14. The largest absolute Gasteiger partial charge is 0.348 e. The van der Waals surface area contributed by atoms with Crippen molar-refractivity contribution in [1.29, 1.82) is 0 Å². The minimum absolute atomic E-state index is 0.118. The molecule has 21 heavy (non-hydrogen) atoms. The monoisotopic (exact) mass is 323 g/mol. The van der Waals surface area contributed by atoms with E-state index in [0.717, 1.165) is 5.56 Å². The lowest BCUT2D eigenvalue weighted by Gasteiger charge is -2.13. The first-order valence-electron chi connectivity index (χ1n) is 6.52. The van der Waals surface area contributed by atoms with Crippen LogP contribution in [-0.4, -0.2) is 26.1 Å². The van der Waals surface area contributed by atoms with Crippen molar-refractivity contribution >= 4 is 27.1 Å². The van der Waals surface area contributed by atoms with Crippen molar-refractivity contribution in [3.05, 3.63) is 52.2 Å². The summed E-state index contributed by atoms with van der Waals surface area (Å²) >= 11 is 1.33. The number of carbonyl (C=O) groups is 1. The predicted molar refractivity (Wildman–Crippen MR) is 84.5 cm³/mol. The van der Waals surface area contributed by atoms with E-state index in [2.05, 4.69) is 5.32 Å². The summed E-state index contributed by atoms with van der Waals surface area (Å²) in [6.45, 7) is 3.59. The number of sulfone groups is 1. The Labute approximate surface area is 128 Å². The Morgan fingerprint density at radius 1 is 1.24 bits per heavy atom. The van der Waals surface area contributed by atoms with Crippen LogP contribution in [0.1, 0.15) is 22.2 Å². The van der Waals surface area contributed by atoms with Gasteiger partial charge in [-0.05, 0) is 37.4 Å². The molecule has 0 aliphatic carbocycles. The molecule has 0 saturated heterocycles. The Bertz CT molecular complexity index is 704. The lowest BCUT2D eigenvalue weighted by atomic mass is 10.2. The van der Waals surface area contributed by atoms with Gasteiger partial charge in [-0.25, -0.2) is 8.42 Å². The van der Waals surface area contributed by atoms with E-state index in [1.807, 2.05) is 12.3 Å². The molecule has 1 N–H and O–H groups in total. The summed E-state index contributed by atoms with van der Waals surface area (Å²) in [6, 6.07) is 9.76. The fourth-order valence-corrected chi connectivity index (χ4v) is 4.03. The van der Waals surface area contributed by atoms with Crippen molar-refractivity contribution in [3.8, 4) is 0 Å². The van der Waals surface area contributed by atoms with Crippen LogP contribution in [0.4, 0.5) is 0 Å². The van der Waals surface area contributed by atoms with Crippen LogP contribution in [0.5, 0.6) is 0 Å². The van der Waals surface area contributed by atoms with Gasteiger partial charge in [-0.15, -0.1) is 11.3 Å². The smallest absolute Gasteiger partial charge is 0.261 e. The Kier molecular flexibility index (Phi) is 4.80. The van der Waals surface area contributed by atoms with Crippen LogP contribution in [0.15, 0.2) is 46.7 Å². The van der Waals surface area contributed by atoms with Crippen molar-refractivity contribution in [3.63, 3.8) is 0 Å². The van der Waals surface area contributed by atoms with Crippen molar-refractivity contribution in [2.75, 3.05) is 5.75 Å². The van der Waals surface area contributed by atoms with Crippen molar-refractivity contribution < 1.29 is 13.2 Å². The third-order valence-corrected chi connectivity index (χ3v) is 5.77. The summed E-state index contributed by atoms with van der Waals surface area (Å²) in [5.74, 6) is -0.357. The molecular formula is C15H17NO3S2. The maximum atomic E-state index is 12.3. The highest BCUT2D eigenvalue weighted by atomic mass is 32.2. The van der Waals surface area contributed by atoms with Gasteiger partial charge in [0, 0.05) is 6.04 Å². The lowest BCUT2D eigenvalue weighted by Crippen LogP contribution is -2.37. The molecular weight excluding hydrogens is 306 g/mol. The summed E-state index contributed by atoms with van der Waals surface area (Å²) in [6.07, 6.45) is 0. The predicted octanol–water partition coefficient (Wildman–Crippen LogP) is 2.65. The Hall–Kier alpha value is -1.66. The van der Waals surface area contributed by atoms with E-state index in [9.17, 15) is 13.2 Å². The first-order valence-corrected chi connectivity index (χ1v) is 9.05. The summed E-state index contributed by atoms with van der Waals surface area (Å²) in [7, 11) is -3.40. The van der Waals surface area contributed by atoms with Crippen molar-refractivity contribution in [2.45, 2.75) is 24.8 Å². The SMILES string of the molecule is Cc1ccc(S(=O)(=O)C[C@H](C)NC(=O)c2cccs2)cc1. The zero-order valence-corrected chi connectivity index (χ0v) is 13.5. The Morgan fingerprint density at radius 3 is 2.48 bits per heavy atom. The third kappa shape index (κ3) is 4.15. The minimum atomic E-state index is -3.40. The van der Waals surface area contributed by atoms with Gasteiger partial charge in [-0.2, -0.15) is 0 Å². The minimum Gasteiger partial charge on any atom is -0.348 e. The molecule has 0 aliphatic heterocycles. The fraction of sp³-hybridized carbons (Fsp3) is 0.267. The average molecular weight is 323 g/mol. The molecule has 1 atom stereocenters. The van der Waals surface area contributed by atoms with Gasteiger partial charge in [0.15, 0.2) is 9.84 Å². The van der Waals surface area contributed by atoms with Gasteiger partial charge >= 0.3 is 0 Å². The number of amides is 1. The molecule has 2 aromatic rings. The number of hydrogen-bond donors (Lipinski definition) is 1. The van der Waals surface area contributed by atoms with Crippen LogP contribution in [0.25, 0.3) is 0 Å². The second kappa shape index (κ2) is 6.41. The van der Waals surface area contributed by atoms with Gasteiger partial charge in [-0.3, -0.25) is 4.79 Å². The number of nitrogens with one attached hydrogen (secondary N) is 1. The normalized spacial score (nSPS) is 12.9. The first kappa shape index (κ1) is 15.7. The average Bonchev–Trinajstić information content (AvgIpc) is 2.92. The molecule has 1 aromatic heterocycles. The summed E-state index contributed by atoms with van der Waals surface area (Å²) in [5, 5.41) is 4.52. The van der Waals surface area contributed by atoms with E-state index in [1.54, 1.807) is 43.3 Å². The Morgan fingerprint density at radius 2 is 1.90 bits per heavy atom. The molecule has 0 radical (unpaired) electrons. The van der Waals surface area contributed by atoms with Gasteiger partial charge in [0.2, 0.25) is 0 Å². The topological polar surface area (TPSA) is 63.2 Å². The molecule has 1 heterocycles. The standard InChI is InChI=1S/C15H17NO3S2/c1-11-5-7-13(8-6-11)21(18,19)10-12(2)16-15(17)14-4-3-9-20-14/h3-9,12H,10H2,1-2H3,(H,16,17)/t12-/m0/s1. The zero-order valence-electron chi connectivity index (χ0n) is 11.9. The summed E-state index contributed by atoms with van der Waals surface area (Å²) in [5.41, 5.74) is 1.01. The number of hydrogen-bond acceptors (Lipinski definition) is 4. The number of rotatable bonds is 5. The maximum Gasteiger partial charge on any atom is 0.261 e. The van der Waals surface area contributed by atoms with Crippen LogP contribution >= 0.6 is 11.3 Å². The van der Waals surface area contributed by atoms with Crippen LogP contribution in [0, 0.1) is 6.92 Å². The van der Waals surface area contributed by atoms with Gasteiger partial charge in [0.25, 0.3) is 5.91 Å². The van der Waals surface area contributed by atoms with Gasteiger partial charge in [0.05, 0.1) is 15.5 Å². The van der Waals surface area contributed by atoms with E-state index >= 15 is 0 Å². The van der Waals surface area contributed by atoms with E-state index in [-0.39, 0.29) is 16.6 Å². The molecule has 112 valence electrons. The number of aryl methyl sites for hydroxylation is 1. The fourth-order valence-electron chi connectivity index (χ4n) is 1.92. The summed E-state index contributed by atoms with van der Waals surface area (Å²) < 4.78 is 24.5. The second-order valence-corrected chi connectivity index (χ2v) is 7.93. The third-order valence-electron chi connectivity index (χ3n) is 2.97. The molecule has 0 spiro atoms. The second-order valence-electron chi connectivity index (χ2n) is 4.95.